The van der Waals surface area contributed by atoms with Crippen LogP contribution in [0.4, 0.5) is 0 Å². The van der Waals surface area contributed by atoms with Crippen molar-refractivity contribution in [3.8, 4) is 0 Å². The van der Waals surface area contributed by atoms with Gasteiger partial charge < -0.3 is 0 Å². The van der Waals surface area contributed by atoms with Gasteiger partial charge in [-0.1, -0.05) is 0 Å². The zero-order chi connectivity index (χ0) is 3.41. The molecule has 0 aliphatic rings. The first-order chi connectivity index (χ1) is 1.91. The third-order valence-electron chi connectivity index (χ3n) is 0.0583. The van der Waals surface area contributed by atoms with E-state index in [4.69, 9.17) is 0 Å². The molecule has 0 aromatic rings. The molecule has 0 aliphatic heterocycles. The van der Waals surface area contributed by atoms with Crippen molar-refractivity contribution in [2.45, 2.75) is 0 Å². The van der Waals surface area contributed by atoms with Crippen molar-refractivity contribution in [1.29, 1.82) is 0 Å². The minimum absolute atomic E-state index is 0.0806. The molecule has 0 fully saturated rings. The summed E-state index contributed by atoms with van der Waals surface area (Å²) in [7, 11) is 1.72. The molecule has 0 amide bonds. The van der Waals surface area contributed by atoms with Crippen LogP contribution in [0.2, 0.25) is 0 Å². The molecule has 0 bridgehead atoms. The fourth-order valence-corrected chi connectivity index (χ4v) is 0. The first-order valence-electron chi connectivity index (χ1n) is 0.705. The Labute approximate surface area is 46.1 Å². The predicted molar refractivity (Wildman–Crippen MR) is 21.0 cm³/mol. The molecule has 0 N–H and O–H groups in total. The molecule has 0 aliphatic carbocycles. The van der Waals surface area contributed by atoms with Gasteiger partial charge in [-0.3, -0.25) is 0 Å². The van der Waals surface area contributed by atoms with E-state index < -0.39 is 0 Å². The molecule has 0 spiro atoms. The molecule has 0 saturated carbocycles. The quantitative estimate of drug-likeness (QED) is 0.506. The summed E-state index contributed by atoms with van der Waals surface area (Å²) >= 11 is 2.32. The van der Waals surface area contributed by atoms with E-state index in [1.165, 1.54) is 0 Å². The third kappa shape index (κ3) is 3.42. The molecule has 0 radical (unpaired) electrons. The van der Waals surface area contributed by atoms with Crippen LogP contribution in [-0.4, -0.2) is 7.11 Å². The standard InChI is InChI=1S/CH3I2O/c1-4-3-2/h1H3/q-1. The van der Waals surface area contributed by atoms with Crippen LogP contribution in [0.25, 0.3) is 0 Å². The van der Waals surface area contributed by atoms with Crippen LogP contribution < -0.4 is 17.6 Å². The number of halogens is 2. The van der Waals surface area contributed by atoms with Crippen molar-refractivity contribution in [2.24, 2.45) is 0 Å². The van der Waals surface area contributed by atoms with E-state index in [9.17, 15) is 0 Å². The van der Waals surface area contributed by atoms with Gasteiger partial charge in [0, 0.05) is 0 Å². The molecule has 28 valence electrons. The summed E-state index contributed by atoms with van der Waals surface area (Å²) in [4.78, 5) is 0. The summed E-state index contributed by atoms with van der Waals surface area (Å²) < 4.78 is 4.64. The Morgan fingerprint density at radius 2 is 2.25 bits per heavy atom. The molecule has 0 aromatic carbocycles. The molecule has 0 unspecified atom stereocenters. The normalized spacial score (nSPS) is 8.50. The van der Waals surface area contributed by atoms with Gasteiger partial charge in [0.1, 0.15) is 0 Å². The van der Waals surface area contributed by atoms with Gasteiger partial charge in [-0.05, 0) is 0 Å². The maximum absolute atomic E-state index is 4.64. The molecular formula is CH3I2O-. The van der Waals surface area contributed by atoms with Crippen LogP contribution in [0.1, 0.15) is 0 Å². The van der Waals surface area contributed by atoms with E-state index in [0.717, 1.165) is 0 Å². The van der Waals surface area contributed by atoms with Crippen LogP contribution in [0, 0.1) is 0 Å². The monoisotopic (exact) mass is 285 g/mol. The maximum atomic E-state index is 4.64. The summed E-state index contributed by atoms with van der Waals surface area (Å²) in [5, 5.41) is 0. The molecule has 0 atom stereocenters. The number of hydrogen-bond acceptors (Lipinski definition) is 1. The zero-order valence-corrected chi connectivity index (χ0v) is 6.48. The Morgan fingerprint density at radius 3 is 2.25 bits per heavy atom. The summed E-state index contributed by atoms with van der Waals surface area (Å²) in [6, 6.07) is 0. The Morgan fingerprint density at radius 1 is 2.00 bits per heavy atom. The molecule has 0 aromatic heterocycles. The van der Waals surface area contributed by atoms with E-state index in [1.807, 2.05) is 0 Å². The van der Waals surface area contributed by atoms with Crippen molar-refractivity contribution in [3.05, 3.63) is 0 Å². The van der Waals surface area contributed by atoms with Gasteiger partial charge >= 0.3 is 46.4 Å². The van der Waals surface area contributed by atoms with Gasteiger partial charge in [0.2, 0.25) is 0 Å². The second kappa shape index (κ2) is 4.42. The number of rotatable bonds is 1. The van der Waals surface area contributed by atoms with Gasteiger partial charge in [0.25, 0.3) is 0 Å². The van der Waals surface area contributed by atoms with E-state index in [2.05, 4.69) is 21.7 Å². The van der Waals surface area contributed by atoms with Crippen LogP contribution in [-0.2, 0) is 3.07 Å². The van der Waals surface area contributed by atoms with Crippen LogP contribution in [0.3, 0.4) is 0 Å². The van der Waals surface area contributed by atoms with E-state index in [0.29, 0.717) is 0 Å². The van der Waals surface area contributed by atoms with Gasteiger partial charge in [-0.25, -0.2) is 0 Å². The fourth-order valence-electron chi connectivity index (χ4n) is 0. The van der Waals surface area contributed by atoms with Crippen molar-refractivity contribution >= 4 is 18.6 Å². The molecule has 4 heavy (non-hydrogen) atoms. The summed E-state index contributed by atoms with van der Waals surface area (Å²) in [6.07, 6.45) is 0. The summed E-state index contributed by atoms with van der Waals surface area (Å²) in [5.74, 6) is 0. The molecule has 3 heteroatoms. The summed E-state index contributed by atoms with van der Waals surface area (Å²) in [6.45, 7) is 0. The van der Waals surface area contributed by atoms with E-state index in [-0.39, 0.29) is 17.6 Å². The molecule has 0 rings (SSSR count). The topological polar surface area (TPSA) is 9.23 Å². The van der Waals surface area contributed by atoms with Crippen LogP contribution in [0.15, 0.2) is 0 Å². The second-order valence-electron chi connectivity index (χ2n) is 0.213. The first kappa shape index (κ1) is 5.42. The predicted octanol–water partition coefficient (Wildman–Crippen LogP) is -2.01. The fraction of sp³-hybridized carbons (Fsp3) is 1.00. The molecule has 0 heterocycles. The molecule has 0 saturated heterocycles. The SMILES string of the molecule is CO[I-]I. The van der Waals surface area contributed by atoms with Gasteiger partial charge in [0.15, 0.2) is 0 Å². The van der Waals surface area contributed by atoms with Gasteiger partial charge in [-0.15, -0.1) is 0 Å². The Hall–Kier alpha value is 1.42. The van der Waals surface area contributed by atoms with Crippen LogP contribution in [0.5, 0.6) is 0 Å². The Balaban J connectivity index is 1.97. The Kier molecular flexibility index (Phi) is 5.99. The second-order valence-corrected chi connectivity index (χ2v) is 3.66. The van der Waals surface area contributed by atoms with Gasteiger partial charge in [-0.2, -0.15) is 0 Å². The third-order valence-corrected chi connectivity index (χ3v) is 2.62. The average molecular weight is 285 g/mol. The van der Waals surface area contributed by atoms with Crippen LogP contribution >= 0.6 is 18.6 Å². The van der Waals surface area contributed by atoms with E-state index in [1.54, 1.807) is 7.11 Å². The number of hydrogen-bond donors (Lipinski definition) is 0. The van der Waals surface area contributed by atoms with Gasteiger partial charge in [0.05, 0.1) is 0 Å². The molecule has 1 nitrogen and oxygen atoms in total. The van der Waals surface area contributed by atoms with Crippen molar-refractivity contribution in [1.82, 2.24) is 0 Å². The molecular weight excluding hydrogens is 282 g/mol. The first-order valence-corrected chi connectivity index (χ1v) is 7.87. The summed E-state index contributed by atoms with van der Waals surface area (Å²) in [5.41, 5.74) is 0. The van der Waals surface area contributed by atoms with Crippen molar-refractivity contribution < 1.29 is 20.7 Å². The Bertz CT molecular complexity index is 8.00. The van der Waals surface area contributed by atoms with Crippen molar-refractivity contribution in [2.75, 3.05) is 7.11 Å². The zero-order valence-electron chi connectivity index (χ0n) is 2.16. The minimum atomic E-state index is 0.0806. The average Bonchev–Trinajstić information content (AvgIpc) is 1.37. The van der Waals surface area contributed by atoms with E-state index >= 15 is 0 Å². The van der Waals surface area contributed by atoms with Crippen molar-refractivity contribution in [3.63, 3.8) is 0 Å².